The largest absolute Gasteiger partial charge is 0.307 e. The Morgan fingerprint density at radius 3 is 0.783 bits per heavy atom. The van der Waals surface area contributed by atoms with E-state index in [-0.39, 0.29) is 0 Å². The molecule has 4 heterocycles. The highest BCUT2D eigenvalue weighted by Gasteiger charge is 2.31. The van der Waals surface area contributed by atoms with Crippen LogP contribution < -0.4 is 0 Å². The zero-order valence-corrected chi connectivity index (χ0v) is 32.3. The molecule has 0 saturated carbocycles. The topological polar surface area (TPSA) is 43.5 Å². The number of hydrogen-bond acceptors (Lipinski definition) is 1. The fraction of sp³-hybridized carbons (Fsp3) is 0. The molecule has 13 aromatic rings. The van der Waals surface area contributed by atoms with Gasteiger partial charge >= 0.3 is 0 Å². The molecule has 0 unspecified atom stereocenters. The first-order valence-corrected chi connectivity index (χ1v) is 20.4. The molecule has 60 heavy (non-hydrogen) atoms. The summed E-state index contributed by atoms with van der Waals surface area (Å²) in [6, 6.07) is 74.2. The molecule has 0 saturated heterocycles. The van der Waals surface area contributed by atoms with Gasteiger partial charge in [-0.3, -0.25) is 0 Å². The van der Waals surface area contributed by atoms with Gasteiger partial charge in [-0.15, -0.1) is 0 Å². The summed E-state index contributed by atoms with van der Waals surface area (Å²) in [6.45, 7) is 0. The molecule has 0 spiro atoms. The summed E-state index contributed by atoms with van der Waals surface area (Å²) in [6.07, 6.45) is 0. The fourth-order valence-corrected chi connectivity index (χ4v) is 10.2. The molecule has 278 valence electrons. The van der Waals surface area contributed by atoms with Gasteiger partial charge in [0.25, 0.3) is 0 Å². The second-order valence-corrected chi connectivity index (χ2v) is 15.6. The maximum atomic E-state index is 11.7. The van der Waals surface area contributed by atoms with Crippen molar-refractivity contribution in [3.63, 3.8) is 0 Å². The van der Waals surface area contributed by atoms with Crippen molar-refractivity contribution in [2.45, 2.75) is 0 Å². The van der Waals surface area contributed by atoms with E-state index in [0.717, 1.165) is 110 Å². The van der Waals surface area contributed by atoms with Crippen LogP contribution in [0.5, 0.6) is 0 Å². The lowest BCUT2D eigenvalue weighted by Gasteiger charge is -2.26. The van der Waals surface area contributed by atoms with E-state index in [4.69, 9.17) is 0 Å². The molecule has 0 amide bonds. The Balaban J connectivity index is 1.38. The maximum Gasteiger partial charge on any atom is 0.101 e. The van der Waals surface area contributed by atoms with Crippen LogP contribution in [-0.4, -0.2) is 18.3 Å². The number of benzene rings is 9. The highest BCUT2D eigenvalue weighted by atomic mass is 15.1. The number of aromatic nitrogens is 4. The van der Waals surface area contributed by atoms with Crippen molar-refractivity contribution in [1.82, 2.24) is 18.3 Å². The van der Waals surface area contributed by atoms with E-state index in [1.54, 1.807) is 0 Å². The van der Waals surface area contributed by atoms with E-state index in [1.807, 2.05) is 0 Å². The lowest BCUT2D eigenvalue weighted by atomic mass is 10.0. The molecular formula is C55H33N5. The number of fused-ring (bicyclic) bond motifs is 12. The van der Waals surface area contributed by atoms with Crippen LogP contribution in [0, 0.1) is 11.3 Å². The zero-order chi connectivity index (χ0) is 39.5. The summed E-state index contributed by atoms with van der Waals surface area (Å²) in [4.78, 5) is 0. The van der Waals surface area contributed by atoms with Gasteiger partial charge in [0.1, 0.15) is 6.07 Å². The minimum absolute atomic E-state index is 0.569. The third-order valence-corrected chi connectivity index (χ3v) is 12.6. The van der Waals surface area contributed by atoms with Crippen molar-refractivity contribution < 1.29 is 0 Å². The van der Waals surface area contributed by atoms with E-state index < -0.39 is 0 Å². The van der Waals surface area contributed by atoms with Gasteiger partial charge in [0, 0.05) is 43.1 Å². The zero-order valence-electron chi connectivity index (χ0n) is 32.3. The van der Waals surface area contributed by atoms with Crippen LogP contribution in [0.25, 0.3) is 110 Å². The Hall–Kier alpha value is -8.33. The Kier molecular flexibility index (Phi) is 6.73. The highest BCUT2D eigenvalue weighted by Crippen LogP contribution is 2.47. The molecule has 0 fully saturated rings. The summed E-state index contributed by atoms with van der Waals surface area (Å²) in [5, 5.41) is 20.9. The van der Waals surface area contributed by atoms with E-state index in [2.05, 4.69) is 225 Å². The van der Waals surface area contributed by atoms with Crippen LogP contribution in [0.15, 0.2) is 200 Å². The summed E-state index contributed by atoms with van der Waals surface area (Å²) in [7, 11) is 0. The number of nitrogens with zero attached hydrogens (tertiary/aromatic N) is 5. The summed E-state index contributed by atoms with van der Waals surface area (Å²) in [5.74, 6) is 0. The third kappa shape index (κ3) is 4.29. The molecular weight excluding hydrogens is 731 g/mol. The average molecular weight is 764 g/mol. The molecule has 5 heteroatoms. The second-order valence-electron chi connectivity index (χ2n) is 15.6. The van der Waals surface area contributed by atoms with Crippen molar-refractivity contribution in [1.29, 1.82) is 5.26 Å². The van der Waals surface area contributed by atoms with Gasteiger partial charge in [0.05, 0.1) is 72.4 Å². The van der Waals surface area contributed by atoms with E-state index in [1.165, 1.54) is 0 Å². The van der Waals surface area contributed by atoms with Crippen molar-refractivity contribution in [2.75, 3.05) is 0 Å². The molecule has 5 nitrogen and oxygen atoms in total. The van der Waals surface area contributed by atoms with Gasteiger partial charge in [-0.05, 0) is 54.6 Å². The summed E-state index contributed by atoms with van der Waals surface area (Å²) < 4.78 is 9.62. The molecule has 0 aliphatic rings. The van der Waals surface area contributed by atoms with Gasteiger partial charge in [0.15, 0.2) is 0 Å². The molecule has 13 rings (SSSR count). The minimum Gasteiger partial charge on any atom is -0.307 e. The third-order valence-electron chi connectivity index (χ3n) is 12.6. The van der Waals surface area contributed by atoms with E-state index in [0.29, 0.717) is 5.56 Å². The SMILES string of the molecule is N#Cc1cc(-n2c3ccccc3c3ccccc32)c(-n2c3ccccc3c3ccccc32)c(-n2c3ccccc3c3ccccc32)c1-n1c2ccccc2c2ccccc21. The number of para-hydroxylation sites is 8. The molecule has 0 N–H and O–H groups in total. The van der Waals surface area contributed by atoms with Crippen molar-refractivity contribution in [2.24, 2.45) is 0 Å². The average Bonchev–Trinajstić information content (AvgIpc) is 4.04. The van der Waals surface area contributed by atoms with E-state index in [9.17, 15) is 5.26 Å². The van der Waals surface area contributed by atoms with Gasteiger partial charge < -0.3 is 18.3 Å². The second kappa shape index (κ2) is 12.3. The van der Waals surface area contributed by atoms with Gasteiger partial charge in [0.2, 0.25) is 0 Å². The maximum absolute atomic E-state index is 11.7. The standard InChI is InChI=1S/C55H33N5/c56-34-35-33-52(57-44-25-9-1-17-36(44)37-18-2-10-26-45(37)57)54(59-48-29-13-5-21-40(48)41-22-6-14-30-49(41)59)55(60-50-31-15-7-23-42(50)43-24-8-16-32-51(43)60)53(35)58-46-27-11-3-19-38(46)39-20-4-12-28-47(39)58/h1-33H. The van der Waals surface area contributed by atoms with Gasteiger partial charge in [-0.25, -0.2) is 0 Å². The normalized spacial score (nSPS) is 12.0. The van der Waals surface area contributed by atoms with Gasteiger partial charge in [-0.2, -0.15) is 5.26 Å². The quantitative estimate of drug-likeness (QED) is 0.176. The molecule has 0 radical (unpaired) electrons. The Bertz CT molecular complexity index is 3760. The molecule has 0 atom stereocenters. The number of hydrogen-bond donors (Lipinski definition) is 0. The van der Waals surface area contributed by atoms with Crippen LogP contribution >= 0.6 is 0 Å². The number of nitriles is 1. The molecule has 0 aliphatic carbocycles. The first kappa shape index (κ1) is 32.7. The highest BCUT2D eigenvalue weighted by molar-refractivity contribution is 6.15. The summed E-state index contributed by atoms with van der Waals surface area (Å²) in [5.41, 5.74) is 12.7. The monoisotopic (exact) mass is 763 g/mol. The van der Waals surface area contributed by atoms with Crippen molar-refractivity contribution >= 4 is 87.2 Å². The predicted octanol–water partition coefficient (Wildman–Crippen LogP) is 13.9. The Morgan fingerprint density at radius 2 is 0.500 bits per heavy atom. The lowest BCUT2D eigenvalue weighted by molar-refractivity contribution is 1.02. The molecule has 9 aromatic carbocycles. The molecule has 0 aliphatic heterocycles. The van der Waals surface area contributed by atoms with Crippen LogP contribution in [0.1, 0.15) is 5.56 Å². The van der Waals surface area contributed by atoms with Crippen LogP contribution in [-0.2, 0) is 0 Å². The number of rotatable bonds is 4. The van der Waals surface area contributed by atoms with Crippen LogP contribution in [0.4, 0.5) is 0 Å². The summed E-state index contributed by atoms with van der Waals surface area (Å²) >= 11 is 0. The molecule has 4 aromatic heterocycles. The first-order chi connectivity index (χ1) is 29.8. The smallest absolute Gasteiger partial charge is 0.101 e. The van der Waals surface area contributed by atoms with E-state index >= 15 is 0 Å². The van der Waals surface area contributed by atoms with Crippen molar-refractivity contribution in [3.05, 3.63) is 206 Å². The predicted molar refractivity (Wildman–Crippen MR) is 249 cm³/mol. The van der Waals surface area contributed by atoms with Gasteiger partial charge in [-0.1, -0.05) is 146 Å². The van der Waals surface area contributed by atoms with Crippen LogP contribution in [0.2, 0.25) is 0 Å². The Morgan fingerprint density at radius 1 is 0.267 bits per heavy atom. The fourth-order valence-electron chi connectivity index (χ4n) is 10.2. The Labute approximate surface area is 344 Å². The lowest BCUT2D eigenvalue weighted by Crippen LogP contribution is -2.14. The van der Waals surface area contributed by atoms with Crippen LogP contribution in [0.3, 0.4) is 0 Å². The van der Waals surface area contributed by atoms with Crippen molar-refractivity contribution in [3.8, 4) is 28.8 Å². The molecule has 0 bridgehead atoms. The first-order valence-electron chi connectivity index (χ1n) is 20.4. The minimum atomic E-state index is 0.569.